The Morgan fingerprint density at radius 3 is 2.50 bits per heavy atom. The van der Waals surface area contributed by atoms with Crippen LogP contribution in [0.5, 0.6) is 0 Å². The van der Waals surface area contributed by atoms with E-state index in [0.29, 0.717) is 0 Å². The maximum Gasteiger partial charge on any atom is 0.225 e. The molecular weight excluding hydrogens is 112 g/mol. The number of isocyanates is 1. The molecule has 0 rings (SSSR count). The molecule has 3 nitrogen and oxygen atoms in total. The Hall–Kier alpha value is -0.226. The number of nitrogens with zero attached hydrogens (tertiary/aromatic N) is 1. The Labute approximate surface area is 40.2 Å². The average Bonchev–Trinajstić information content (AvgIpc) is 1.35. The highest BCUT2D eigenvalue weighted by Crippen LogP contribution is 1.53. The lowest BCUT2D eigenvalue weighted by Gasteiger charge is -1.79. The van der Waals surface area contributed by atoms with Gasteiger partial charge in [0.05, 0.1) is 0 Å². The molecule has 0 fully saturated rings. The van der Waals surface area contributed by atoms with Crippen LogP contribution in [0.3, 0.4) is 0 Å². The quantitative estimate of drug-likeness (QED) is 0.232. The van der Waals surface area contributed by atoms with Crippen molar-refractivity contribution in [3.8, 4) is 0 Å². The second-order valence-electron chi connectivity index (χ2n) is 0.961. The third-order valence-corrected chi connectivity index (χ3v) is 1.54. The molecule has 0 aromatic rings. The van der Waals surface area contributed by atoms with Crippen molar-refractivity contribution in [2.24, 2.45) is 10.1 Å². The molecule has 0 heterocycles. The normalized spacial score (nSPS) is 12.8. The molecule has 0 amide bonds. The van der Waals surface area contributed by atoms with Gasteiger partial charge in [-0.05, 0) is 0 Å². The first-order valence-electron chi connectivity index (χ1n) is 1.60. The summed E-state index contributed by atoms with van der Waals surface area (Å²) in [4.78, 5) is 9.30. The molecule has 1 unspecified atom stereocenters. The lowest BCUT2D eigenvalue weighted by Crippen LogP contribution is -2.22. The van der Waals surface area contributed by atoms with Crippen LogP contribution in [0, 0.1) is 0 Å². The van der Waals surface area contributed by atoms with Crippen LogP contribution in [0.15, 0.2) is 4.66 Å². The van der Waals surface area contributed by atoms with Gasteiger partial charge in [0.15, 0.2) is 0 Å². The van der Waals surface area contributed by atoms with Gasteiger partial charge in [-0.2, -0.15) is 0 Å². The summed E-state index contributed by atoms with van der Waals surface area (Å²) < 4.78 is 3.30. The fraction of sp³-hybridized carbons (Fsp3) is 0. The summed E-state index contributed by atoms with van der Waals surface area (Å²) >= 11 is 0. The van der Waals surface area contributed by atoms with Crippen molar-refractivity contribution in [1.29, 1.82) is 0 Å². The van der Waals surface area contributed by atoms with Crippen LogP contribution in [0.25, 0.3) is 0 Å². The Morgan fingerprint density at radius 1 is 2.00 bits per heavy atom. The molecule has 0 aliphatic carbocycles. The number of nitrogens with two attached hydrogens (primary N) is 1. The van der Waals surface area contributed by atoms with Gasteiger partial charge in [0.2, 0.25) is 14.7 Å². The minimum Gasteiger partial charge on any atom is -0.338 e. The second-order valence-corrected chi connectivity index (χ2v) is 6.25. The molecule has 1 atom stereocenters. The molecule has 0 aromatic carbocycles. The van der Waals surface area contributed by atoms with Crippen LogP contribution in [-0.4, -0.2) is 24.5 Å². The molecule has 6 heavy (non-hydrogen) atoms. The predicted molar refractivity (Wildman–Crippen MR) is 29.4 cm³/mol. The van der Waals surface area contributed by atoms with E-state index in [4.69, 9.17) is 5.40 Å². The molecule has 0 aromatic heterocycles. The zero-order valence-electron chi connectivity index (χ0n) is 3.51. The lowest BCUT2D eigenvalue weighted by atomic mass is 11.7. The second kappa shape index (κ2) is 2.98. The first-order valence-corrected chi connectivity index (χ1v) is 7.40. The molecule has 0 bridgehead atoms. The molecule has 2 N–H and O–H groups in total. The summed E-state index contributed by atoms with van der Waals surface area (Å²) in [6, 6.07) is 0. The van der Waals surface area contributed by atoms with Gasteiger partial charge >= 0.3 is 0 Å². The van der Waals surface area contributed by atoms with Crippen LogP contribution < -0.4 is 5.40 Å². The maximum absolute atomic E-state index is 9.30. The van der Waals surface area contributed by atoms with Gasteiger partial charge < -0.3 is 5.40 Å². The van der Waals surface area contributed by atoms with Crippen LogP contribution >= 0.6 is 0 Å². The van der Waals surface area contributed by atoms with E-state index in [0.717, 1.165) is 9.76 Å². The van der Waals surface area contributed by atoms with Crippen molar-refractivity contribution in [1.82, 2.24) is 0 Å². The summed E-state index contributed by atoms with van der Waals surface area (Å²) in [5.74, 6) is 0. The predicted octanol–water partition coefficient (Wildman–Crippen LogP) is -2.64. The number of hydrogen-bond donors (Lipinski definition) is 1. The fourth-order valence-electron chi connectivity index (χ4n) is 0.0831. The average molecular weight is 118 g/mol. The van der Waals surface area contributed by atoms with Crippen molar-refractivity contribution >= 4 is 24.5 Å². The highest BCUT2D eigenvalue weighted by Gasteiger charge is 1.83. The molecule has 0 radical (unpaired) electrons. The van der Waals surface area contributed by atoms with E-state index in [9.17, 15) is 4.79 Å². The summed E-state index contributed by atoms with van der Waals surface area (Å²) in [6.45, 7) is 0. The number of carbonyl (C=O) groups excluding carboxylic acids is 1. The zero-order valence-corrected chi connectivity index (χ0v) is 6.66. The highest BCUT2D eigenvalue weighted by molar-refractivity contribution is 7.00. The van der Waals surface area contributed by atoms with Gasteiger partial charge in [0.25, 0.3) is 0 Å². The fourth-order valence-corrected chi connectivity index (χ4v) is 0.566. The van der Waals surface area contributed by atoms with Gasteiger partial charge in [-0.25, -0.2) is 9.45 Å². The summed E-state index contributed by atoms with van der Waals surface area (Å²) in [6.07, 6.45) is 1.41. The van der Waals surface area contributed by atoms with Crippen molar-refractivity contribution in [3.63, 3.8) is 0 Å². The van der Waals surface area contributed by atoms with Gasteiger partial charge in [-0.15, -0.1) is 0 Å². The highest BCUT2D eigenvalue weighted by atomic mass is 29.2. The molecule has 5 heteroatoms. The maximum atomic E-state index is 9.30. The summed E-state index contributed by atoms with van der Waals surface area (Å²) in [7, 11) is -0.464. The minimum absolute atomic E-state index is 0.866. The van der Waals surface area contributed by atoms with Crippen LogP contribution in [0.4, 0.5) is 0 Å². The van der Waals surface area contributed by atoms with Gasteiger partial charge in [-0.1, -0.05) is 0 Å². The van der Waals surface area contributed by atoms with E-state index >= 15 is 0 Å². The van der Waals surface area contributed by atoms with Crippen LogP contribution in [0.2, 0.25) is 0 Å². The van der Waals surface area contributed by atoms with E-state index in [2.05, 4.69) is 4.66 Å². The topological polar surface area (TPSA) is 55.4 Å². The largest absolute Gasteiger partial charge is 0.338 e. The molecule has 0 spiro atoms. The van der Waals surface area contributed by atoms with Gasteiger partial charge in [0, 0.05) is 9.76 Å². The van der Waals surface area contributed by atoms with Crippen molar-refractivity contribution in [3.05, 3.63) is 0 Å². The van der Waals surface area contributed by atoms with Gasteiger partial charge in [-0.3, -0.25) is 0 Å². The smallest absolute Gasteiger partial charge is 0.225 e. The molecule has 34 valence electrons. The molecule has 0 aliphatic rings. The Bertz CT molecular complexity index is 75.6. The first kappa shape index (κ1) is 5.77. The molecule has 0 saturated heterocycles. The lowest BCUT2D eigenvalue weighted by molar-refractivity contribution is 0.566. The standard InChI is InChI=1S/CH6N2OSi2/c2-6(5)3-1-4/h6H,2H2,5H3. The van der Waals surface area contributed by atoms with Crippen molar-refractivity contribution in [2.45, 2.75) is 0 Å². The molecule has 0 aliphatic heterocycles. The van der Waals surface area contributed by atoms with E-state index in [1.165, 1.54) is 6.08 Å². The zero-order chi connectivity index (χ0) is 4.99. The minimum atomic E-state index is -1.33. The van der Waals surface area contributed by atoms with E-state index < -0.39 is 8.64 Å². The van der Waals surface area contributed by atoms with Crippen molar-refractivity contribution < 1.29 is 4.79 Å². The van der Waals surface area contributed by atoms with E-state index in [1.807, 2.05) is 0 Å². The van der Waals surface area contributed by atoms with Crippen LogP contribution in [0.1, 0.15) is 0 Å². The Morgan fingerprint density at radius 2 is 2.50 bits per heavy atom. The van der Waals surface area contributed by atoms with Crippen molar-refractivity contribution in [2.75, 3.05) is 0 Å². The third-order valence-electron chi connectivity index (χ3n) is 0.256. The van der Waals surface area contributed by atoms with Crippen LogP contribution in [-0.2, 0) is 4.79 Å². The summed E-state index contributed by atoms with van der Waals surface area (Å²) in [5, 5.41) is 5.17. The monoisotopic (exact) mass is 118 g/mol. The summed E-state index contributed by atoms with van der Waals surface area (Å²) in [5.41, 5.74) is 0. The van der Waals surface area contributed by atoms with Gasteiger partial charge in [0.1, 0.15) is 0 Å². The number of rotatable bonds is 1. The molecular formula is CH6N2OSi2. The first-order chi connectivity index (χ1) is 2.77. The van der Waals surface area contributed by atoms with E-state index in [1.54, 1.807) is 0 Å². The Balaban J connectivity index is 3.29. The third kappa shape index (κ3) is 3.77. The number of hydrogen-bond acceptors (Lipinski definition) is 3. The van der Waals surface area contributed by atoms with E-state index in [-0.39, 0.29) is 0 Å². The molecule has 0 saturated carbocycles. The Kier molecular flexibility index (Phi) is 2.87. The SMILES string of the molecule is N[SiH]([SiH3])N=C=O.